The van der Waals surface area contributed by atoms with Crippen molar-refractivity contribution in [3.63, 3.8) is 0 Å². The van der Waals surface area contributed by atoms with Crippen molar-refractivity contribution >= 4 is 35.1 Å². The van der Waals surface area contributed by atoms with Crippen LogP contribution in [0.1, 0.15) is 28.4 Å². The molecule has 0 aliphatic carbocycles. The Balaban J connectivity index is 1.40. The zero-order valence-electron chi connectivity index (χ0n) is 17.3. The molecule has 5 rings (SSSR count). The van der Waals surface area contributed by atoms with E-state index in [1.54, 1.807) is 16.7 Å². The van der Waals surface area contributed by atoms with E-state index in [0.29, 0.717) is 30.9 Å². The van der Waals surface area contributed by atoms with Crippen LogP contribution in [-0.2, 0) is 13.0 Å². The number of carbonyl (C=O) groups excluding carboxylic acids is 2. The molecule has 0 spiro atoms. The highest BCUT2D eigenvalue weighted by molar-refractivity contribution is 7.99. The van der Waals surface area contributed by atoms with Gasteiger partial charge in [0.05, 0.1) is 11.3 Å². The van der Waals surface area contributed by atoms with Crippen molar-refractivity contribution in [1.29, 1.82) is 0 Å². The lowest BCUT2D eigenvalue weighted by molar-refractivity contribution is 0.0985. The number of hydrogen-bond acceptors (Lipinski definition) is 3. The summed E-state index contributed by atoms with van der Waals surface area (Å²) in [5.41, 5.74) is 4.74. The third-order valence-corrected chi connectivity index (χ3v) is 6.96. The van der Waals surface area contributed by atoms with Crippen LogP contribution >= 0.6 is 11.8 Å². The first-order valence-electron chi connectivity index (χ1n) is 10.5. The Kier molecular flexibility index (Phi) is 5.16. The van der Waals surface area contributed by atoms with Crippen molar-refractivity contribution in [3.8, 4) is 0 Å². The zero-order chi connectivity index (χ0) is 21.4. The summed E-state index contributed by atoms with van der Waals surface area (Å²) in [6.07, 6.45) is 0.862. The minimum Gasteiger partial charge on any atom is -0.320 e. The smallest absolute Gasteiger partial charge is 0.320 e. The third kappa shape index (κ3) is 3.68. The first kappa shape index (κ1) is 19.7. The Morgan fingerprint density at radius 1 is 1.00 bits per heavy atom. The van der Waals surface area contributed by atoms with Crippen LogP contribution < -0.4 is 10.2 Å². The predicted octanol–water partition coefficient (Wildman–Crippen LogP) is 5.41. The van der Waals surface area contributed by atoms with Crippen LogP contribution in [0.5, 0.6) is 0 Å². The molecule has 1 N–H and O–H groups in total. The number of amides is 3. The monoisotopic (exact) mass is 429 g/mol. The molecule has 0 bridgehead atoms. The summed E-state index contributed by atoms with van der Waals surface area (Å²) < 4.78 is 0. The van der Waals surface area contributed by atoms with Crippen LogP contribution in [0.4, 0.5) is 16.2 Å². The zero-order valence-corrected chi connectivity index (χ0v) is 18.1. The van der Waals surface area contributed by atoms with E-state index in [2.05, 4.69) is 17.4 Å². The van der Waals surface area contributed by atoms with Gasteiger partial charge in [-0.15, -0.1) is 0 Å². The highest BCUT2D eigenvalue weighted by Gasteiger charge is 2.27. The fourth-order valence-electron chi connectivity index (χ4n) is 4.18. The molecule has 2 aliphatic heterocycles. The van der Waals surface area contributed by atoms with Gasteiger partial charge in [0.1, 0.15) is 0 Å². The summed E-state index contributed by atoms with van der Waals surface area (Å²) in [6.45, 7) is 3.83. The molecular weight excluding hydrogens is 406 g/mol. The molecule has 0 atom stereocenters. The molecule has 5 nitrogen and oxygen atoms in total. The first-order valence-corrected chi connectivity index (χ1v) is 11.3. The fraction of sp³-hybridized carbons (Fsp3) is 0.200. The highest BCUT2D eigenvalue weighted by atomic mass is 32.2. The second-order valence-corrected chi connectivity index (χ2v) is 8.78. The topological polar surface area (TPSA) is 52.7 Å². The van der Waals surface area contributed by atoms with Crippen molar-refractivity contribution in [2.75, 3.05) is 23.3 Å². The maximum atomic E-state index is 13.1. The number of hydrogen-bond donors (Lipinski definition) is 1. The van der Waals surface area contributed by atoms with Crippen LogP contribution in [0.15, 0.2) is 76.5 Å². The van der Waals surface area contributed by atoms with Gasteiger partial charge in [-0.2, -0.15) is 0 Å². The Morgan fingerprint density at radius 2 is 1.77 bits per heavy atom. The van der Waals surface area contributed by atoms with Gasteiger partial charge in [0.2, 0.25) is 0 Å². The summed E-state index contributed by atoms with van der Waals surface area (Å²) >= 11 is 1.59. The van der Waals surface area contributed by atoms with Crippen molar-refractivity contribution in [3.05, 3.63) is 83.4 Å². The van der Waals surface area contributed by atoms with E-state index in [1.807, 2.05) is 66.4 Å². The van der Waals surface area contributed by atoms with Gasteiger partial charge in [-0.25, -0.2) is 4.79 Å². The molecule has 3 aromatic rings. The van der Waals surface area contributed by atoms with Gasteiger partial charge in [-0.3, -0.25) is 4.79 Å². The van der Waals surface area contributed by atoms with Crippen LogP contribution in [-0.4, -0.2) is 29.9 Å². The minimum absolute atomic E-state index is 0.0135. The summed E-state index contributed by atoms with van der Waals surface area (Å²) in [5, 5.41) is 3.03. The lowest BCUT2D eigenvalue weighted by Crippen LogP contribution is -2.38. The van der Waals surface area contributed by atoms with Gasteiger partial charge in [0.15, 0.2) is 0 Å². The molecule has 31 heavy (non-hydrogen) atoms. The number of anilines is 2. The van der Waals surface area contributed by atoms with Gasteiger partial charge >= 0.3 is 6.03 Å². The number of rotatable bonds is 2. The lowest BCUT2D eigenvalue weighted by atomic mass is 10.0. The number of carbonyl (C=O) groups is 2. The molecule has 156 valence electrons. The molecule has 2 heterocycles. The van der Waals surface area contributed by atoms with Gasteiger partial charge in [0, 0.05) is 35.1 Å². The quantitative estimate of drug-likeness (QED) is 0.593. The minimum atomic E-state index is -0.117. The molecule has 0 radical (unpaired) electrons. The van der Waals surface area contributed by atoms with Crippen molar-refractivity contribution < 1.29 is 9.59 Å². The lowest BCUT2D eigenvalue weighted by Gasteiger charge is -2.29. The van der Waals surface area contributed by atoms with Crippen LogP contribution in [0.3, 0.4) is 0 Å². The van der Waals surface area contributed by atoms with E-state index < -0.39 is 0 Å². The van der Waals surface area contributed by atoms with E-state index in [9.17, 15) is 9.59 Å². The third-order valence-electron chi connectivity index (χ3n) is 5.82. The van der Waals surface area contributed by atoms with Gasteiger partial charge in [0.25, 0.3) is 5.91 Å². The Bertz CT molecular complexity index is 1180. The molecule has 0 saturated carbocycles. The second kappa shape index (κ2) is 8.12. The number of nitrogens with one attached hydrogen (secondary N) is 1. The van der Waals surface area contributed by atoms with Crippen molar-refractivity contribution in [2.45, 2.75) is 29.7 Å². The number of nitrogens with zero attached hydrogens (tertiary/aromatic N) is 2. The Morgan fingerprint density at radius 3 is 2.61 bits per heavy atom. The number of benzene rings is 3. The summed E-state index contributed by atoms with van der Waals surface area (Å²) in [7, 11) is 0. The summed E-state index contributed by atoms with van der Waals surface area (Å²) in [6, 6.07) is 21.6. The van der Waals surface area contributed by atoms with Crippen LogP contribution in [0.2, 0.25) is 0 Å². The van der Waals surface area contributed by atoms with E-state index in [0.717, 1.165) is 21.9 Å². The van der Waals surface area contributed by atoms with Crippen LogP contribution in [0, 0.1) is 0 Å². The van der Waals surface area contributed by atoms with Gasteiger partial charge in [-0.1, -0.05) is 48.2 Å². The molecule has 3 aromatic carbocycles. The van der Waals surface area contributed by atoms with Crippen LogP contribution in [0.25, 0.3) is 0 Å². The predicted molar refractivity (Wildman–Crippen MR) is 124 cm³/mol. The average Bonchev–Trinajstić information content (AvgIpc) is 2.92. The largest absolute Gasteiger partial charge is 0.322 e. The number of fused-ring (bicyclic) bond motifs is 3. The maximum Gasteiger partial charge on any atom is 0.322 e. The van der Waals surface area contributed by atoms with Crippen molar-refractivity contribution in [2.24, 2.45) is 0 Å². The molecule has 2 aliphatic rings. The van der Waals surface area contributed by atoms with E-state index in [-0.39, 0.29) is 11.9 Å². The molecule has 0 aromatic heterocycles. The maximum absolute atomic E-state index is 13.1. The van der Waals surface area contributed by atoms with E-state index in [1.165, 1.54) is 11.1 Å². The molecule has 3 amide bonds. The Labute approximate surface area is 186 Å². The molecular formula is C25H23N3O2S. The Hall–Kier alpha value is -3.25. The summed E-state index contributed by atoms with van der Waals surface area (Å²) in [4.78, 5) is 31.7. The first-order chi connectivity index (χ1) is 15.1. The van der Waals surface area contributed by atoms with E-state index in [4.69, 9.17) is 0 Å². The number of urea groups is 1. The SMILES string of the molecule is CCN1C(=O)c2ccccc2Sc2ccc(NC(=O)N3CCc4ccccc4C3)cc21. The fourth-order valence-corrected chi connectivity index (χ4v) is 5.24. The van der Waals surface area contributed by atoms with Gasteiger partial charge in [-0.05, 0) is 54.8 Å². The standard InChI is InChI=1S/C25H23N3O2S/c1-2-28-21-15-19(11-12-23(21)31-22-10-6-5-9-20(22)24(28)29)26-25(30)27-14-13-17-7-3-4-8-18(17)16-27/h3-12,15H,2,13-14,16H2,1H3,(H,26,30). The molecule has 0 fully saturated rings. The van der Waals surface area contributed by atoms with Crippen molar-refractivity contribution in [1.82, 2.24) is 4.90 Å². The molecule has 6 heteroatoms. The second-order valence-electron chi connectivity index (χ2n) is 7.70. The highest BCUT2D eigenvalue weighted by Crippen LogP contribution is 2.42. The van der Waals surface area contributed by atoms with E-state index >= 15 is 0 Å². The molecule has 0 saturated heterocycles. The average molecular weight is 430 g/mol. The van der Waals surface area contributed by atoms with Gasteiger partial charge < -0.3 is 15.1 Å². The summed E-state index contributed by atoms with van der Waals surface area (Å²) in [5.74, 6) is -0.0135. The normalized spacial score (nSPS) is 14.9. The molecule has 0 unspecified atom stereocenters.